The second-order valence-electron chi connectivity index (χ2n) is 5.76. The van der Waals surface area contributed by atoms with E-state index in [1.807, 2.05) is 33.8 Å². The van der Waals surface area contributed by atoms with Gasteiger partial charge >= 0.3 is 6.09 Å². The highest BCUT2D eigenvalue weighted by molar-refractivity contribution is 5.69. The zero-order chi connectivity index (χ0) is 14.5. The zero-order valence-corrected chi connectivity index (χ0v) is 12.5. The SMILES string of the molecule is C=C/C=C1/CCCC(NC(=O)OC(C)(C)C)/C1=C/C. The molecule has 0 spiro atoms. The van der Waals surface area contributed by atoms with Crippen LogP contribution in [0.4, 0.5) is 4.79 Å². The number of allylic oxidation sites excluding steroid dienone is 3. The summed E-state index contributed by atoms with van der Waals surface area (Å²) in [5.41, 5.74) is 1.97. The van der Waals surface area contributed by atoms with Crippen molar-refractivity contribution in [3.63, 3.8) is 0 Å². The first-order chi connectivity index (χ1) is 8.87. The molecule has 1 amide bonds. The van der Waals surface area contributed by atoms with Crippen molar-refractivity contribution in [2.24, 2.45) is 0 Å². The highest BCUT2D eigenvalue weighted by atomic mass is 16.6. The van der Waals surface area contributed by atoms with E-state index in [0.717, 1.165) is 19.3 Å². The Morgan fingerprint density at radius 1 is 1.47 bits per heavy atom. The molecule has 1 saturated carbocycles. The first-order valence-corrected chi connectivity index (χ1v) is 6.85. The molecule has 0 heterocycles. The van der Waals surface area contributed by atoms with Gasteiger partial charge in [-0.3, -0.25) is 0 Å². The summed E-state index contributed by atoms with van der Waals surface area (Å²) in [5.74, 6) is 0. The molecule has 0 aromatic carbocycles. The van der Waals surface area contributed by atoms with Crippen LogP contribution in [0.3, 0.4) is 0 Å². The van der Waals surface area contributed by atoms with Gasteiger partial charge in [-0.05, 0) is 58.1 Å². The lowest BCUT2D eigenvalue weighted by atomic mass is 9.85. The zero-order valence-electron chi connectivity index (χ0n) is 12.5. The van der Waals surface area contributed by atoms with Crippen LogP contribution in [0.15, 0.2) is 36.0 Å². The van der Waals surface area contributed by atoms with Crippen LogP contribution in [0.5, 0.6) is 0 Å². The van der Waals surface area contributed by atoms with Crippen LogP contribution in [-0.2, 0) is 4.74 Å². The Labute approximate surface area is 116 Å². The summed E-state index contributed by atoms with van der Waals surface area (Å²) in [6.07, 6.45) is 8.60. The van der Waals surface area contributed by atoms with E-state index >= 15 is 0 Å². The summed E-state index contributed by atoms with van der Waals surface area (Å²) in [6.45, 7) is 11.3. The third-order valence-corrected chi connectivity index (χ3v) is 3.01. The highest BCUT2D eigenvalue weighted by Crippen LogP contribution is 2.29. The van der Waals surface area contributed by atoms with Gasteiger partial charge in [0.25, 0.3) is 0 Å². The molecule has 0 aromatic rings. The quantitative estimate of drug-likeness (QED) is 0.813. The summed E-state index contributed by atoms with van der Waals surface area (Å²) < 4.78 is 5.31. The third-order valence-electron chi connectivity index (χ3n) is 3.01. The number of nitrogens with one attached hydrogen (secondary N) is 1. The normalized spacial score (nSPS) is 24.3. The molecule has 1 unspecified atom stereocenters. The molecule has 0 aromatic heterocycles. The van der Waals surface area contributed by atoms with E-state index in [4.69, 9.17) is 4.74 Å². The topological polar surface area (TPSA) is 38.3 Å². The van der Waals surface area contributed by atoms with Gasteiger partial charge in [-0.2, -0.15) is 0 Å². The molecule has 0 aliphatic heterocycles. The molecule has 0 saturated heterocycles. The van der Waals surface area contributed by atoms with E-state index in [0.29, 0.717) is 0 Å². The van der Waals surface area contributed by atoms with Gasteiger partial charge < -0.3 is 10.1 Å². The van der Waals surface area contributed by atoms with E-state index < -0.39 is 5.60 Å². The summed E-state index contributed by atoms with van der Waals surface area (Å²) in [4.78, 5) is 11.9. The number of hydrogen-bond acceptors (Lipinski definition) is 2. The van der Waals surface area contributed by atoms with Crippen molar-refractivity contribution in [2.45, 2.75) is 58.6 Å². The van der Waals surface area contributed by atoms with Crippen LogP contribution in [0.2, 0.25) is 0 Å². The minimum atomic E-state index is -0.464. The molecule has 106 valence electrons. The predicted molar refractivity (Wildman–Crippen MR) is 79.0 cm³/mol. The first kappa shape index (κ1) is 15.5. The fraction of sp³-hybridized carbons (Fsp3) is 0.562. The molecule has 19 heavy (non-hydrogen) atoms. The Kier molecular flexibility index (Phi) is 5.40. The van der Waals surface area contributed by atoms with E-state index in [1.54, 1.807) is 6.08 Å². The van der Waals surface area contributed by atoms with Crippen molar-refractivity contribution >= 4 is 6.09 Å². The summed E-state index contributed by atoms with van der Waals surface area (Å²) in [6, 6.07) is 0.0415. The smallest absolute Gasteiger partial charge is 0.408 e. The molecular formula is C16H25NO2. The highest BCUT2D eigenvalue weighted by Gasteiger charge is 2.25. The van der Waals surface area contributed by atoms with Crippen molar-refractivity contribution in [1.29, 1.82) is 0 Å². The molecule has 1 rings (SSSR count). The van der Waals surface area contributed by atoms with E-state index in [1.165, 1.54) is 11.1 Å². The summed E-state index contributed by atoms with van der Waals surface area (Å²) >= 11 is 0. The molecule has 1 fully saturated rings. The van der Waals surface area contributed by atoms with Crippen LogP contribution in [0.1, 0.15) is 47.0 Å². The fourth-order valence-corrected chi connectivity index (χ4v) is 2.33. The first-order valence-electron chi connectivity index (χ1n) is 6.85. The molecule has 1 aliphatic rings. The van der Waals surface area contributed by atoms with E-state index in [2.05, 4.69) is 18.0 Å². The lowest BCUT2D eigenvalue weighted by Gasteiger charge is -2.29. The third kappa shape index (κ3) is 4.93. The van der Waals surface area contributed by atoms with Gasteiger partial charge in [-0.1, -0.05) is 24.8 Å². The fourth-order valence-electron chi connectivity index (χ4n) is 2.33. The number of alkyl carbamates (subject to hydrolysis) is 1. The van der Waals surface area contributed by atoms with E-state index in [-0.39, 0.29) is 12.1 Å². The Morgan fingerprint density at radius 2 is 2.16 bits per heavy atom. The average molecular weight is 263 g/mol. The van der Waals surface area contributed by atoms with Crippen LogP contribution in [-0.4, -0.2) is 17.7 Å². The molecule has 0 radical (unpaired) electrons. The van der Waals surface area contributed by atoms with Crippen molar-refractivity contribution in [2.75, 3.05) is 0 Å². The van der Waals surface area contributed by atoms with Crippen molar-refractivity contribution in [3.05, 3.63) is 36.0 Å². The van der Waals surface area contributed by atoms with Crippen molar-refractivity contribution in [3.8, 4) is 0 Å². The maximum atomic E-state index is 11.9. The van der Waals surface area contributed by atoms with E-state index in [9.17, 15) is 4.79 Å². The number of carbonyl (C=O) groups excluding carboxylic acids is 1. The molecule has 1 N–H and O–H groups in total. The molecule has 1 atom stereocenters. The minimum absolute atomic E-state index is 0.0415. The van der Waals surface area contributed by atoms with Gasteiger partial charge in [-0.15, -0.1) is 0 Å². The predicted octanol–water partition coefficient (Wildman–Crippen LogP) is 4.12. The monoisotopic (exact) mass is 263 g/mol. The van der Waals surface area contributed by atoms with Gasteiger partial charge in [-0.25, -0.2) is 4.79 Å². The number of ether oxygens (including phenoxy) is 1. The number of hydrogen-bond donors (Lipinski definition) is 1. The maximum absolute atomic E-state index is 11.9. The second-order valence-corrected chi connectivity index (χ2v) is 5.76. The lowest BCUT2D eigenvalue weighted by Crippen LogP contribution is -2.41. The maximum Gasteiger partial charge on any atom is 0.408 e. The average Bonchev–Trinajstić information content (AvgIpc) is 2.27. The summed E-state index contributed by atoms with van der Waals surface area (Å²) in [7, 11) is 0. The van der Waals surface area contributed by atoms with Crippen molar-refractivity contribution in [1.82, 2.24) is 5.32 Å². The Hall–Kier alpha value is -1.51. The lowest BCUT2D eigenvalue weighted by molar-refractivity contribution is 0.0508. The van der Waals surface area contributed by atoms with Gasteiger partial charge in [0, 0.05) is 0 Å². The molecule has 1 aliphatic carbocycles. The van der Waals surface area contributed by atoms with Crippen molar-refractivity contribution < 1.29 is 9.53 Å². The molecule has 3 nitrogen and oxygen atoms in total. The summed E-state index contributed by atoms with van der Waals surface area (Å²) in [5, 5.41) is 2.96. The largest absolute Gasteiger partial charge is 0.444 e. The van der Waals surface area contributed by atoms with Gasteiger partial charge in [0.15, 0.2) is 0 Å². The minimum Gasteiger partial charge on any atom is -0.444 e. The Morgan fingerprint density at radius 3 is 2.68 bits per heavy atom. The van der Waals surface area contributed by atoms with Crippen LogP contribution < -0.4 is 5.32 Å². The standard InChI is InChI=1S/C16H25NO2/c1-6-9-12-10-8-11-14(13(12)7-2)17-15(18)19-16(3,4)5/h6-7,9,14H,1,8,10-11H2,2-5H3,(H,17,18)/b12-9-,13-7+. The number of rotatable bonds is 2. The number of carbonyl (C=O) groups is 1. The molecule has 0 bridgehead atoms. The van der Waals surface area contributed by atoms with Gasteiger partial charge in [0.1, 0.15) is 5.60 Å². The Bertz CT molecular complexity index is 399. The van der Waals surface area contributed by atoms with Gasteiger partial charge in [0.2, 0.25) is 0 Å². The second kappa shape index (κ2) is 6.60. The van der Waals surface area contributed by atoms with Crippen LogP contribution in [0.25, 0.3) is 0 Å². The number of amides is 1. The molecular weight excluding hydrogens is 238 g/mol. The van der Waals surface area contributed by atoms with Crippen LogP contribution >= 0.6 is 0 Å². The Balaban J connectivity index is 2.74. The van der Waals surface area contributed by atoms with Crippen LogP contribution in [0, 0.1) is 0 Å². The van der Waals surface area contributed by atoms with Gasteiger partial charge in [0.05, 0.1) is 6.04 Å². The molecule has 3 heteroatoms.